The summed E-state index contributed by atoms with van der Waals surface area (Å²) in [6.45, 7) is 5.81. The third-order valence-electron chi connectivity index (χ3n) is 16.0. The van der Waals surface area contributed by atoms with E-state index in [1.807, 2.05) is 19.1 Å². The van der Waals surface area contributed by atoms with Gasteiger partial charge < -0.3 is 48.5 Å². The molecule has 73 heavy (non-hydrogen) atoms. The number of benzene rings is 1. The topological polar surface area (TPSA) is 237 Å². The zero-order valence-electron chi connectivity index (χ0n) is 42.4. The highest BCUT2D eigenvalue weighted by Crippen LogP contribution is 2.51. The zero-order valence-corrected chi connectivity index (χ0v) is 44.0. The van der Waals surface area contributed by atoms with Crippen molar-refractivity contribution in [2.75, 3.05) is 38.5 Å². The van der Waals surface area contributed by atoms with Gasteiger partial charge in [0.1, 0.15) is 46.5 Å². The summed E-state index contributed by atoms with van der Waals surface area (Å²) in [5, 5.41) is 26.2. The minimum Gasteiger partial charge on any atom is -0.495 e. The molecule has 6 heterocycles. The Labute approximate surface area is 434 Å². The second kappa shape index (κ2) is 22.2. The third-order valence-corrected chi connectivity index (χ3v) is 17.9. The molecule has 8 aliphatic rings. The number of hydrogen-bond acceptors (Lipinski definition) is 16. The van der Waals surface area contributed by atoms with Gasteiger partial charge in [-0.15, -0.1) is 5.06 Å². The molecule has 6 aliphatic heterocycles. The van der Waals surface area contributed by atoms with E-state index < -0.39 is 89.1 Å². The Morgan fingerprint density at radius 2 is 1.53 bits per heavy atom. The van der Waals surface area contributed by atoms with Crippen LogP contribution in [0.25, 0.3) is 0 Å². The van der Waals surface area contributed by atoms with Crippen LogP contribution in [0, 0.1) is 23.7 Å². The van der Waals surface area contributed by atoms with Crippen LogP contribution < -0.4 is 15.0 Å². The molecule has 0 aromatic heterocycles. The molecule has 5 amide bonds. The Morgan fingerprint density at radius 1 is 0.890 bits per heavy atom. The fourth-order valence-electron chi connectivity index (χ4n) is 11.7. The number of thioether (sulfide) groups is 1. The van der Waals surface area contributed by atoms with Crippen molar-refractivity contribution >= 4 is 70.7 Å². The minimum atomic E-state index is -1.87. The number of methoxy groups -OCH3 is 2. The summed E-state index contributed by atoms with van der Waals surface area (Å²) in [5.41, 5.74) is -2.09. The quantitative estimate of drug-likeness (QED) is 0.178. The number of rotatable bonds is 11. The first-order valence-corrected chi connectivity index (χ1v) is 26.8. The van der Waals surface area contributed by atoms with Crippen molar-refractivity contribution in [1.82, 2.24) is 15.3 Å². The molecule has 8 atom stereocenters. The van der Waals surface area contributed by atoms with Crippen LogP contribution in [0.5, 0.6) is 5.75 Å². The molecule has 1 aromatic rings. The van der Waals surface area contributed by atoms with Gasteiger partial charge in [0.15, 0.2) is 5.72 Å². The number of carbonyl (C=O) groups is 7. The first kappa shape index (κ1) is 54.5. The molecule has 2 aliphatic carbocycles. The monoisotopic (exact) mass is 1060 g/mol. The van der Waals surface area contributed by atoms with Crippen molar-refractivity contribution in [3.63, 3.8) is 0 Å². The number of ether oxygens (including phenoxy) is 5. The molecule has 1 aromatic carbocycles. The Kier molecular flexibility index (Phi) is 16.6. The number of anilines is 1. The number of alkyl carbamates (subject to hydrolysis) is 1. The van der Waals surface area contributed by atoms with Crippen molar-refractivity contribution in [2.45, 2.75) is 164 Å². The summed E-state index contributed by atoms with van der Waals surface area (Å²) in [7, 11) is 4.53. The zero-order chi connectivity index (χ0) is 52.6. The number of likely N-dealkylation sites (tertiary alicyclic amines) is 1. The van der Waals surface area contributed by atoms with Crippen molar-refractivity contribution in [1.29, 1.82) is 0 Å². The molecule has 0 radical (unpaired) electrons. The van der Waals surface area contributed by atoms with Gasteiger partial charge in [0.05, 0.1) is 36.3 Å². The number of amides is 5. The first-order valence-electron chi connectivity index (χ1n) is 25.4. The molecule has 9 rings (SSSR count). The lowest BCUT2D eigenvalue weighted by atomic mass is 9.72. The van der Waals surface area contributed by atoms with Gasteiger partial charge >= 0.3 is 18.0 Å². The Morgan fingerprint density at radius 3 is 2.18 bits per heavy atom. The average molecular weight is 1060 g/mol. The molecule has 0 spiro atoms. The van der Waals surface area contributed by atoms with Crippen molar-refractivity contribution in [3.8, 4) is 5.75 Å². The van der Waals surface area contributed by atoms with Crippen LogP contribution in [0.2, 0.25) is 5.02 Å². The van der Waals surface area contributed by atoms with Gasteiger partial charge in [-0.3, -0.25) is 29.3 Å². The maximum Gasteiger partial charge on any atom is 0.409 e. The first-order chi connectivity index (χ1) is 34.6. The number of aliphatic hydroxyl groups is 2. The number of imide groups is 1. The number of aliphatic hydroxyl groups excluding tert-OH is 1. The number of halogens is 1. The predicted molar refractivity (Wildman–Crippen MR) is 265 cm³/mol. The van der Waals surface area contributed by atoms with Gasteiger partial charge in [-0.05, 0) is 114 Å². The second-order valence-corrected chi connectivity index (χ2v) is 23.1. The van der Waals surface area contributed by atoms with Crippen molar-refractivity contribution in [2.24, 2.45) is 23.7 Å². The summed E-state index contributed by atoms with van der Waals surface area (Å²) in [5.74, 6) is -2.15. The number of esters is 1. The lowest BCUT2D eigenvalue weighted by Gasteiger charge is -2.59. The van der Waals surface area contributed by atoms with Crippen molar-refractivity contribution < 1.29 is 72.3 Å². The summed E-state index contributed by atoms with van der Waals surface area (Å²) >= 11 is 8.41. The van der Waals surface area contributed by atoms with E-state index in [0.29, 0.717) is 86.6 Å². The molecule has 3 N–H and O–H groups in total. The van der Waals surface area contributed by atoms with E-state index in [0.717, 1.165) is 11.1 Å². The largest absolute Gasteiger partial charge is 0.495 e. The van der Waals surface area contributed by atoms with Gasteiger partial charge in [0, 0.05) is 52.8 Å². The Hall–Kier alpha value is -4.73. The van der Waals surface area contributed by atoms with Crippen LogP contribution in [0.15, 0.2) is 35.9 Å². The van der Waals surface area contributed by atoms with E-state index >= 15 is 0 Å². The van der Waals surface area contributed by atoms with E-state index in [1.54, 1.807) is 55.8 Å². The minimum absolute atomic E-state index is 0.0281. The summed E-state index contributed by atoms with van der Waals surface area (Å²) < 4.78 is 30.1. The van der Waals surface area contributed by atoms with Gasteiger partial charge in [-0.25, -0.2) is 9.59 Å². The maximum atomic E-state index is 14.4. The van der Waals surface area contributed by atoms with Crippen LogP contribution in [-0.4, -0.2) is 142 Å². The summed E-state index contributed by atoms with van der Waals surface area (Å²) in [6.07, 6.45) is 5.75. The number of fused-ring (bicyclic) bond motifs is 6. The number of hydrogen-bond donors (Lipinski definition) is 3. The van der Waals surface area contributed by atoms with E-state index in [1.165, 1.54) is 19.1 Å². The fraction of sp³-hybridized carbons (Fsp3) is 0.673. The molecule has 6 fully saturated rings. The van der Waals surface area contributed by atoms with Crippen molar-refractivity contribution in [3.05, 3.63) is 46.5 Å². The maximum absolute atomic E-state index is 14.4. The molecule has 400 valence electrons. The molecule has 21 heteroatoms. The molecule has 19 nitrogen and oxygen atoms in total. The summed E-state index contributed by atoms with van der Waals surface area (Å²) in [4.78, 5) is 99.5. The van der Waals surface area contributed by atoms with Gasteiger partial charge in [-0.2, -0.15) is 11.8 Å². The van der Waals surface area contributed by atoms with Gasteiger partial charge in [0.2, 0.25) is 11.8 Å². The van der Waals surface area contributed by atoms with Crippen LogP contribution >= 0.6 is 23.4 Å². The Balaban J connectivity index is 0.887. The molecular formula is C52H69ClN4O15S. The van der Waals surface area contributed by atoms with Crippen LogP contribution in [0.1, 0.15) is 116 Å². The van der Waals surface area contributed by atoms with E-state index in [2.05, 4.69) is 5.32 Å². The van der Waals surface area contributed by atoms with E-state index in [-0.39, 0.29) is 66.5 Å². The second-order valence-electron chi connectivity index (χ2n) is 21.5. The van der Waals surface area contributed by atoms with Crippen LogP contribution in [0.3, 0.4) is 0 Å². The van der Waals surface area contributed by atoms with E-state index in [4.69, 9.17) is 40.1 Å². The highest BCUT2D eigenvalue weighted by Gasteiger charge is 2.63. The Bertz CT molecular complexity index is 2360. The fourth-order valence-corrected chi connectivity index (χ4v) is 13.5. The molecular weight excluding hydrogens is 988 g/mol. The summed E-state index contributed by atoms with van der Waals surface area (Å²) in [6, 6.07) is 3.62. The predicted octanol–water partition coefficient (Wildman–Crippen LogP) is 5.68. The highest BCUT2D eigenvalue weighted by atomic mass is 35.5. The van der Waals surface area contributed by atoms with Gasteiger partial charge in [0.25, 0.3) is 11.8 Å². The van der Waals surface area contributed by atoms with Crippen LogP contribution in [0.4, 0.5) is 10.5 Å². The normalized spacial score (nSPS) is 36.4. The number of allylic oxidation sites excluding steroid dienone is 3. The SMILES string of the molecule is COc1cc2cc(c1Cl)N(C)C(=O)C[C@H](OC(=O)C1CCC(CSC3CC(=O)N(CC4CCC(C(=O)ON5C(=O)CCC5=O)CC4)C3O)CC1)[C@@]1(C)C[C@](C)(O1)C1C[C@@](O)(NC(=O)O1)[C@H](OC)/C=C/C=C(\C)C2. The lowest BCUT2D eigenvalue weighted by Crippen LogP contribution is -2.72. The van der Waals surface area contributed by atoms with Gasteiger partial charge in [-0.1, -0.05) is 35.4 Å². The standard InChI is InChI=1S/C52H69ClN4O15S/c1-29-8-7-9-38(68-6)52(66)25-40(70-49(65)54-52)51(3)28-50(2,72-51)39(24-43(60)55(4)35-21-32(20-29)22-36(67-5)45(35)53)69-47(63)33-16-12-31(13-17-33)27-73-37-23-44(61)56(46(37)62)26-30-10-14-34(15-11-30)48(64)71-57-41(58)18-19-42(57)59/h7-9,21-22,30-31,33-34,37-40,46,62,66H,10-20,23-28H2,1-6H3,(H,54,65)/b9-7+,29-8+/t30?,31?,33?,34?,37?,38-,39+,40?,46?,50-,51+,52+/m1/s1. The van der Waals surface area contributed by atoms with Crippen LogP contribution in [-0.2, 0) is 59.0 Å². The molecule has 4 saturated heterocycles. The number of nitrogens with zero attached hydrogens (tertiary/aromatic N) is 3. The highest BCUT2D eigenvalue weighted by molar-refractivity contribution is 8.00. The molecule has 6 bridgehead atoms. The molecule has 2 saturated carbocycles. The molecule has 3 unspecified atom stereocenters. The number of hydroxylamine groups is 2. The van der Waals surface area contributed by atoms with E-state index in [9.17, 15) is 43.8 Å². The lowest BCUT2D eigenvalue weighted by molar-refractivity contribution is -0.328. The average Bonchev–Trinajstić information content (AvgIpc) is 3.81. The smallest absolute Gasteiger partial charge is 0.409 e. The number of nitrogens with one attached hydrogen (secondary N) is 1. The third kappa shape index (κ3) is 11.9. The number of carbonyl (C=O) groups excluding carboxylic acids is 7.